The summed E-state index contributed by atoms with van der Waals surface area (Å²) in [5, 5.41) is 2.10. The van der Waals surface area contributed by atoms with Gasteiger partial charge in [-0.25, -0.2) is 0 Å². The first-order valence-electron chi connectivity index (χ1n) is 9.68. The zero-order valence-electron chi connectivity index (χ0n) is 16.8. The van der Waals surface area contributed by atoms with Gasteiger partial charge in [-0.05, 0) is 34.9 Å². The van der Waals surface area contributed by atoms with E-state index in [0.717, 1.165) is 12.0 Å². The van der Waals surface area contributed by atoms with Gasteiger partial charge in [0.2, 0.25) is 11.8 Å². The Morgan fingerprint density at radius 3 is 2.68 bits per heavy atom. The maximum atomic E-state index is 13.3. The van der Waals surface area contributed by atoms with Gasteiger partial charge in [0.1, 0.15) is 6.61 Å². The van der Waals surface area contributed by atoms with E-state index >= 15 is 0 Å². The van der Waals surface area contributed by atoms with Gasteiger partial charge in [0, 0.05) is 25.1 Å². The maximum Gasteiger partial charge on any atom is 0.249 e. The van der Waals surface area contributed by atoms with Crippen molar-refractivity contribution in [1.82, 2.24) is 9.80 Å². The summed E-state index contributed by atoms with van der Waals surface area (Å²) in [6, 6.07) is 12.2. The Morgan fingerprint density at radius 2 is 2.00 bits per heavy atom. The van der Waals surface area contributed by atoms with E-state index in [1.807, 2.05) is 36.9 Å². The van der Waals surface area contributed by atoms with Crippen molar-refractivity contribution >= 4 is 23.2 Å². The molecule has 0 saturated heterocycles. The molecule has 2 aromatic rings. The normalized spacial score (nSPS) is 16.1. The predicted molar refractivity (Wildman–Crippen MR) is 111 cm³/mol. The quantitative estimate of drug-likeness (QED) is 0.716. The number of amides is 2. The summed E-state index contributed by atoms with van der Waals surface area (Å²) >= 11 is 1.75. The van der Waals surface area contributed by atoms with Crippen LogP contribution in [0.25, 0.3) is 0 Å². The van der Waals surface area contributed by atoms with Gasteiger partial charge in [0.15, 0.2) is 0 Å². The van der Waals surface area contributed by atoms with Crippen molar-refractivity contribution < 1.29 is 14.3 Å². The summed E-state index contributed by atoms with van der Waals surface area (Å²) < 4.78 is 5.01. The summed E-state index contributed by atoms with van der Waals surface area (Å²) in [4.78, 5) is 30.6. The Labute approximate surface area is 170 Å². The summed E-state index contributed by atoms with van der Waals surface area (Å²) in [5.74, 6) is 0.119. The second-order valence-electron chi connectivity index (χ2n) is 7.55. The van der Waals surface area contributed by atoms with E-state index in [-0.39, 0.29) is 36.9 Å². The SMILES string of the molecule is COCC(=O)N(CC(=O)N1CCc2sccc2C1c1ccccc1)CC(C)C. The van der Waals surface area contributed by atoms with Gasteiger partial charge >= 0.3 is 0 Å². The lowest BCUT2D eigenvalue weighted by Crippen LogP contribution is -2.48. The fourth-order valence-corrected chi connectivity index (χ4v) is 4.65. The van der Waals surface area contributed by atoms with Crippen LogP contribution in [0.2, 0.25) is 0 Å². The molecule has 1 unspecified atom stereocenters. The first kappa shape index (κ1) is 20.6. The fraction of sp³-hybridized carbons (Fsp3) is 0.455. The van der Waals surface area contributed by atoms with E-state index in [9.17, 15) is 9.59 Å². The Morgan fingerprint density at radius 1 is 1.25 bits per heavy atom. The molecule has 0 radical (unpaired) electrons. The lowest BCUT2D eigenvalue weighted by atomic mass is 9.93. The van der Waals surface area contributed by atoms with E-state index in [2.05, 4.69) is 23.6 Å². The number of fused-ring (bicyclic) bond motifs is 1. The van der Waals surface area contributed by atoms with Gasteiger partial charge in [-0.15, -0.1) is 11.3 Å². The monoisotopic (exact) mass is 400 g/mol. The molecule has 0 N–H and O–H groups in total. The Bertz CT molecular complexity index is 803. The zero-order chi connectivity index (χ0) is 20.1. The number of carbonyl (C=O) groups excluding carboxylic acids is 2. The van der Waals surface area contributed by atoms with Crippen molar-refractivity contribution in [3.63, 3.8) is 0 Å². The van der Waals surface area contributed by atoms with Crippen molar-refractivity contribution in [2.45, 2.75) is 26.3 Å². The Kier molecular flexibility index (Phi) is 6.86. The van der Waals surface area contributed by atoms with Crippen LogP contribution >= 0.6 is 11.3 Å². The minimum atomic E-state index is -0.144. The van der Waals surface area contributed by atoms with Crippen molar-refractivity contribution in [2.24, 2.45) is 5.92 Å². The highest BCUT2D eigenvalue weighted by atomic mass is 32.1. The average molecular weight is 401 g/mol. The number of rotatable bonds is 7. The number of carbonyl (C=O) groups is 2. The molecule has 150 valence electrons. The molecule has 2 heterocycles. The highest BCUT2D eigenvalue weighted by Gasteiger charge is 2.33. The fourth-order valence-electron chi connectivity index (χ4n) is 3.74. The van der Waals surface area contributed by atoms with E-state index < -0.39 is 0 Å². The molecule has 0 aliphatic carbocycles. The third-order valence-electron chi connectivity index (χ3n) is 4.93. The topological polar surface area (TPSA) is 49.9 Å². The molecule has 0 fully saturated rings. The summed E-state index contributed by atoms with van der Waals surface area (Å²) in [6.07, 6.45) is 0.859. The van der Waals surface area contributed by atoms with E-state index in [1.54, 1.807) is 16.2 Å². The van der Waals surface area contributed by atoms with E-state index in [1.165, 1.54) is 17.6 Å². The molecule has 0 spiro atoms. The number of hydrogen-bond donors (Lipinski definition) is 0. The lowest BCUT2D eigenvalue weighted by molar-refractivity contribution is -0.144. The summed E-state index contributed by atoms with van der Waals surface area (Å²) in [5.41, 5.74) is 2.31. The van der Waals surface area contributed by atoms with Crippen LogP contribution in [0.5, 0.6) is 0 Å². The first-order chi connectivity index (χ1) is 13.5. The van der Waals surface area contributed by atoms with Crippen LogP contribution in [0.15, 0.2) is 41.8 Å². The van der Waals surface area contributed by atoms with Gasteiger partial charge in [-0.2, -0.15) is 0 Å². The largest absolute Gasteiger partial charge is 0.375 e. The van der Waals surface area contributed by atoms with Crippen molar-refractivity contribution in [3.05, 3.63) is 57.8 Å². The van der Waals surface area contributed by atoms with Crippen LogP contribution < -0.4 is 0 Å². The standard InChI is InChI=1S/C22H28N2O3S/c1-16(2)13-23(21(26)15-27-3)14-20(25)24-11-9-19-18(10-12-28-19)22(24)17-7-5-4-6-8-17/h4-8,10,12,16,22H,9,11,13-15H2,1-3H3. The second-order valence-corrected chi connectivity index (χ2v) is 8.55. The van der Waals surface area contributed by atoms with Crippen LogP contribution in [0.1, 0.15) is 35.9 Å². The number of methoxy groups -OCH3 is 1. The maximum absolute atomic E-state index is 13.3. The first-order valence-corrected chi connectivity index (χ1v) is 10.6. The third-order valence-corrected chi connectivity index (χ3v) is 5.93. The smallest absolute Gasteiger partial charge is 0.249 e. The highest BCUT2D eigenvalue weighted by molar-refractivity contribution is 7.10. The van der Waals surface area contributed by atoms with Crippen LogP contribution in [-0.2, 0) is 20.7 Å². The van der Waals surface area contributed by atoms with Gasteiger partial charge in [-0.1, -0.05) is 44.2 Å². The molecular weight excluding hydrogens is 372 g/mol. The number of benzene rings is 1. The molecule has 1 aliphatic heterocycles. The average Bonchev–Trinajstić information content (AvgIpc) is 3.16. The molecule has 2 amide bonds. The highest BCUT2D eigenvalue weighted by Crippen LogP contribution is 2.37. The van der Waals surface area contributed by atoms with Crippen LogP contribution in [0, 0.1) is 5.92 Å². The summed E-state index contributed by atoms with van der Waals surface area (Å²) in [7, 11) is 1.50. The molecule has 1 atom stereocenters. The van der Waals surface area contributed by atoms with Crippen LogP contribution in [0.3, 0.4) is 0 Å². The summed E-state index contributed by atoms with van der Waals surface area (Å²) in [6.45, 7) is 5.38. The van der Waals surface area contributed by atoms with E-state index in [0.29, 0.717) is 13.1 Å². The molecule has 1 aliphatic rings. The minimum absolute atomic E-state index is 0.00318. The van der Waals surface area contributed by atoms with Crippen LogP contribution in [0.4, 0.5) is 0 Å². The van der Waals surface area contributed by atoms with Crippen molar-refractivity contribution in [3.8, 4) is 0 Å². The van der Waals surface area contributed by atoms with Crippen molar-refractivity contribution in [1.29, 1.82) is 0 Å². The molecule has 6 heteroatoms. The van der Waals surface area contributed by atoms with E-state index in [4.69, 9.17) is 4.74 Å². The van der Waals surface area contributed by atoms with Crippen LogP contribution in [-0.4, -0.2) is 55.0 Å². The molecule has 1 aromatic carbocycles. The predicted octanol–water partition coefficient (Wildman–Crippen LogP) is 3.35. The van der Waals surface area contributed by atoms with Gasteiger partial charge in [0.25, 0.3) is 0 Å². The molecule has 28 heavy (non-hydrogen) atoms. The van der Waals surface area contributed by atoms with Gasteiger partial charge in [0.05, 0.1) is 12.6 Å². The lowest BCUT2D eigenvalue weighted by Gasteiger charge is -2.37. The molecule has 5 nitrogen and oxygen atoms in total. The van der Waals surface area contributed by atoms with Gasteiger partial charge in [-0.3, -0.25) is 9.59 Å². The number of thiophene rings is 1. The Hall–Kier alpha value is -2.18. The number of hydrogen-bond acceptors (Lipinski definition) is 4. The number of nitrogens with zero attached hydrogens (tertiary/aromatic N) is 2. The zero-order valence-corrected chi connectivity index (χ0v) is 17.6. The number of ether oxygens (including phenoxy) is 1. The second kappa shape index (κ2) is 9.34. The Balaban J connectivity index is 1.85. The molecule has 0 bridgehead atoms. The molecular formula is C22H28N2O3S. The van der Waals surface area contributed by atoms with Gasteiger partial charge < -0.3 is 14.5 Å². The third kappa shape index (κ3) is 4.62. The minimum Gasteiger partial charge on any atom is -0.375 e. The molecule has 1 aromatic heterocycles. The molecule has 0 saturated carbocycles. The van der Waals surface area contributed by atoms with Crippen molar-refractivity contribution in [2.75, 3.05) is 33.4 Å². The molecule has 3 rings (SSSR count).